The highest BCUT2D eigenvalue weighted by Gasteiger charge is 2.32. The largest absolute Gasteiger partial charge is 0.385 e. The summed E-state index contributed by atoms with van der Waals surface area (Å²) in [6.07, 6.45) is 4.87. The fraction of sp³-hybridized carbons (Fsp3) is 0.562. The van der Waals surface area contributed by atoms with Gasteiger partial charge in [-0.05, 0) is 49.7 Å². The molecule has 3 rings (SSSR count). The molecule has 2 aliphatic carbocycles. The van der Waals surface area contributed by atoms with Crippen molar-refractivity contribution in [1.82, 2.24) is 4.90 Å². The number of rotatable bonds is 6. The summed E-state index contributed by atoms with van der Waals surface area (Å²) in [4.78, 5) is 14.7. The maximum absolute atomic E-state index is 13.8. The molecule has 0 bridgehead atoms. The Labute approximate surface area is 119 Å². The van der Waals surface area contributed by atoms with Gasteiger partial charge in [-0.1, -0.05) is 6.07 Å². The molecule has 108 valence electrons. The van der Waals surface area contributed by atoms with E-state index in [-0.39, 0.29) is 11.7 Å². The van der Waals surface area contributed by atoms with Gasteiger partial charge in [0.25, 0.3) is 5.91 Å². The van der Waals surface area contributed by atoms with Gasteiger partial charge in [-0.15, -0.1) is 0 Å². The Kier molecular flexibility index (Phi) is 3.64. The van der Waals surface area contributed by atoms with Gasteiger partial charge in [-0.25, -0.2) is 4.39 Å². The molecule has 3 nitrogen and oxygen atoms in total. The first-order valence-corrected chi connectivity index (χ1v) is 7.44. The molecule has 0 radical (unpaired) electrons. The Morgan fingerprint density at radius 3 is 2.35 bits per heavy atom. The van der Waals surface area contributed by atoms with E-state index in [4.69, 9.17) is 0 Å². The third kappa shape index (κ3) is 2.94. The Morgan fingerprint density at radius 1 is 1.25 bits per heavy atom. The summed E-state index contributed by atoms with van der Waals surface area (Å²) < 4.78 is 13.8. The molecule has 2 saturated carbocycles. The third-order valence-corrected chi connectivity index (χ3v) is 4.13. The van der Waals surface area contributed by atoms with E-state index in [1.165, 1.54) is 31.7 Å². The van der Waals surface area contributed by atoms with Crippen LogP contribution < -0.4 is 5.32 Å². The highest BCUT2D eigenvalue weighted by atomic mass is 19.1. The zero-order valence-electron chi connectivity index (χ0n) is 11.9. The van der Waals surface area contributed by atoms with Crippen molar-refractivity contribution in [2.75, 3.05) is 25.5 Å². The lowest BCUT2D eigenvalue weighted by atomic mass is 10.1. The summed E-state index contributed by atoms with van der Waals surface area (Å²) in [5, 5.41) is 2.82. The van der Waals surface area contributed by atoms with Crippen molar-refractivity contribution in [3.8, 4) is 0 Å². The second-order valence-electron chi connectivity index (χ2n) is 6.01. The van der Waals surface area contributed by atoms with Crippen molar-refractivity contribution in [3.63, 3.8) is 0 Å². The van der Waals surface area contributed by atoms with Gasteiger partial charge >= 0.3 is 0 Å². The van der Waals surface area contributed by atoms with E-state index in [1.54, 1.807) is 19.2 Å². The predicted octanol–water partition coefficient (Wildman–Crippen LogP) is 3.13. The van der Waals surface area contributed by atoms with Gasteiger partial charge in [0.05, 0.1) is 11.3 Å². The fourth-order valence-corrected chi connectivity index (χ4v) is 2.59. The van der Waals surface area contributed by atoms with Crippen LogP contribution in [0.3, 0.4) is 0 Å². The predicted molar refractivity (Wildman–Crippen MR) is 77.3 cm³/mol. The molecule has 4 heteroatoms. The summed E-state index contributed by atoms with van der Waals surface area (Å²) in [7, 11) is 1.65. The van der Waals surface area contributed by atoms with Crippen LogP contribution in [-0.4, -0.2) is 30.9 Å². The molecule has 1 aromatic carbocycles. The molecule has 20 heavy (non-hydrogen) atoms. The standard InChI is InChI=1S/C16H21FN2O/c1-18-15-13(3-2-4-14(15)17)16(20)19(9-11-5-6-11)10-12-7-8-12/h2-4,11-12,18H,5-10H2,1H3. The van der Waals surface area contributed by atoms with Gasteiger partial charge in [0, 0.05) is 20.1 Å². The first-order valence-electron chi connectivity index (χ1n) is 7.44. The molecule has 2 aliphatic rings. The zero-order valence-corrected chi connectivity index (χ0v) is 11.9. The summed E-state index contributed by atoms with van der Waals surface area (Å²) in [5.74, 6) is 0.914. The topological polar surface area (TPSA) is 32.3 Å². The Morgan fingerprint density at radius 2 is 1.85 bits per heavy atom. The molecule has 1 aromatic rings. The minimum Gasteiger partial charge on any atom is -0.385 e. The molecule has 0 heterocycles. The third-order valence-electron chi connectivity index (χ3n) is 4.13. The molecule has 1 amide bonds. The van der Waals surface area contributed by atoms with E-state index in [1.807, 2.05) is 4.90 Å². The molecule has 1 N–H and O–H groups in total. The smallest absolute Gasteiger partial charge is 0.256 e. The van der Waals surface area contributed by atoms with Crippen LogP contribution >= 0.6 is 0 Å². The second kappa shape index (κ2) is 5.43. The van der Waals surface area contributed by atoms with Crippen LogP contribution in [0.2, 0.25) is 0 Å². The van der Waals surface area contributed by atoms with Crippen molar-refractivity contribution in [2.24, 2.45) is 11.8 Å². The number of amides is 1. The molecule has 0 aromatic heterocycles. The molecular weight excluding hydrogens is 255 g/mol. The highest BCUT2D eigenvalue weighted by Crippen LogP contribution is 2.35. The average molecular weight is 276 g/mol. The van der Waals surface area contributed by atoms with Gasteiger partial charge in [0.15, 0.2) is 0 Å². The van der Waals surface area contributed by atoms with Crippen molar-refractivity contribution < 1.29 is 9.18 Å². The number of nitrogens with one attached hydrogen (secondary N) is 1. The van der Waals surface area contributed by atoms with Gasteiger partial charge in [-0.2, -0.15) is 0 Å². The molecule has 0 unspecified atom stereocenters. The van der Waals surface area contributed by atoms with E-state index >= 15 is 0 Å². The molecule has 2 fully saturated rings. The normalized spacial score (nSPS) is 17.9. The average Bonchev–Trinajstić information content (AvgIpc) is 3.32. The van der Waals surface area contributed by atoms with E-state index in [0.29, 0.717) is 23.1 Å². The molecule has 0 saturated heterocycles. The lowest BCUT2D eigenvalue weighted by Crippen LogP contribution is -2.35. The number of para-hydroxylation sites is 1. The number of anilines is 1. The Hall–Kier alpha value is -1.58. The van der Waals surface area contributed by atoms with Crippen LogP contribution in [0.5, 0.6) is 0 Å². The summed E-state index contributed by atoms with van der Waals surface area (Å²) in [5.41, 5.74) is 0.767. The van der Waals surface area contributed by atoms with Crippen LogP contribution in [0.15, 0.2) is 18.2 Å². The van der Waals surface area contributed by atoms with Crippen LogP contribution in [0.1, 0.15) is 36.0 Å². The number of hydrogen-bond donors (Lipinski definition) is 1. The maximum atomic E-state index is 13.8. The summed E-state index contributed by atoms with van der Waals surface area (Å²) >= 11 is 0. The molecule has 0 spiro atoms. The van der Waals surface area contributed by atoms with Crippen LogP contribution in [-0.2, 0) is 0 Å². The zero-order chi connectivity index (χ0) is 14.1. The maximum Gasteiger partial charge on any atom is 0.256 e. The van der Waals surface area contributed by atoms with Gasteiger partial charge in [0.2, 0.25) is 0 Å². The first-order chi connectivity index (χ1) is 9.69. The highest BCUT2D eigenvalue weighted by molar-refractivity contribution is 5.99. The van der Waals surface area contributed by atoms with Crippen molar-refractivity contribution in [3.05, 3.63) is 29.6 Å². The number of halogens is 1. The van der Waals surface area contributed by atoms with Gasteiger partial charge in [0.1, 0.15) is 5.82 Å². The fourth-order valence-electron chi connectivity index (χ4n) is 2.59. The summed E-state index contributed by atoms with van der Waals surface area (Å²) in [6.45, 7) is 1.66. The number of benzene rings is 1. The molecule has 0 atom stereocenters. The van der Waals surface area contributed by atoms with E-state index in [0.717, 1.165) is 13.1 Å². The van der Waals surface area contributed by atoms with Crippen molar-refractivity contribution in [1.29, 1.82) is 0 Å². The quantitative estimate of drug-likeness (QED) is 0.865. The van der Waals surface area contributed by atoms with Crippen molar-refractivity contribution >= 4 is 11.6 Å². The van der Waals surface area contributed by atoms with Gasteiger partial charge < -0.3 is 10.2 Å². The van der Waals surface area contributed by atoms with E-state index in [9.17, 15) is 9.18 Å². The van der Waals surface area contributed by atoms with Crippen LogP contribution in [0.4, 0.5) is 10.1 Å². The number of carbonyl (C=O) groups is 1. The Bertz CT molecular complexity index is 495. The lowest BCUT2D eigenvalue weighted by molar-refractivity contribution is 0.0740. The molecular formula is C16H21FN2O. The van der Waals surface area contributed by atoms with Crippen LogP contribution in [0, 0.1) is 17.7 Å². The van der Waals surface area contributed by atoms with E-state index < -0.39 is 0 Å². The van der Waals surface area contributed by atoms with Crippen molar-refractivity contribution in [2.45, 2.75) is 25.7 Å². The SMILES string of the molecule is CNc1c(F)cccc1C(=O)N(CC1CC1)CC1CC1. The monoisotopic (exact) mass is 276 g/mol. The molecule has 0 aliphatic heterocycles. The number of nitrogens with zero attached hydrogens (tertiary/aromatic N) is 1. The van der Waals surface area contributed by atoms with Crippen LogP contribution in [0.25, 0.3) is 0 Å². The minimum atomic E-state index is -0.365. The van der Waals surface area contributed by atoms with Gasteiger partial charge in [-0.3, -0.25) is 4.79 Å². The lowest BCUT2D eigenvalue weighted by Gasteiger charge is -2.24. The number of hydrogen-bond acceptors (Lipinski definition) is 2. The second-order valence-corrected chi connectivity index (χ2v) is 6.01. The van der Waals surface area contributed by atoms with E-state index in [2.05, 4.69) is 5.32 Å². The number of carbonyl (C=O) groups excluding carboxylic acids is 1. The summed E-state index contributed by atoms with van der Waals surface area (Å²) in [6, 6.07) is 4.70. The first kappa shape index (κ1) is 13.4. The minimum absolute atomic E-state index is 0.0346. The Balaban J connectivity index is 1.81.